The summed E-state index contributed by atoms with van der Waals surface area (Å²) in [6.07, 6.45) is 2.56. The van der Waals surface area contributed by atoms with Gasteiger partial charge in [0.15, 0.2) is 5.69 Å². The molecule has 0 atom stereocenters. The first-order chi connectivity index (χ1) is 13.3. The third kappa shape index (κ3) is 3.62. The number of nitrogens with one attached hydrogen (secondary N) is 1. The molecular formula is C18H16F3N5O2. The molecule has 1 saturated carbocycles. The topological polar surface area (TPSA) is 81.4 Å². The normalized spacial score (nSPS) is 14.3. The van der Waals surface area contributed by atoms with E-state index in [0.717, 1.165) is 24.7 Å². The molecule has 10 heteroatoms. The van der Waals surface area contributed by atoms with Gasteiger partial charge in [-0.25, -0.2) is 9.97 Å². The van der Waals surface area contributed by atoms with Gasteiger partial charge in [0.25, 0.3) is 5.91 Å². The van der Waals surface area contributed by atoms with Gasteiger partial charge in [-0.15, -0.1) is 0 Å². The lowest BCUT2D eigenvalue weighted by molar-refractivity contribution is -0.141. The zero-order valence-electron chi connectivity index (χ0n) is 14.8. The number of imidazole rings is 1. The summed E-state index contributed by atoms with van der Waals surface area (Å²) in [5.74, 6) is 0.00605. The minimum absolute atomic E-state index is 0.304. The minimum Gasteiger partial charge on any atom is -0.491 e. The monoisotopic (exact) mass is 391 g/mol. The Morgan fingerprint density at radius 3 is 2.75 bits per heavy atom. The summed E-state index contributed by atoms with van der Waals surface area (Å²) in [5.41, 5.74) is 0.265. The van der Waals surface area contributed by atoms with Gasteiger partial charge < -0.3 is 14.5 Å². The molecule has 0 aliphatic heterocycles. The quantitative estimate of drug-likeness (QED) is 0.718. The molecule has 0 saturated heterocycles. The first kappa shape index (κ1) is 18.2. The van der Waals surface area contributed by atoms with Gasteiger partial charge in [0, 0.05) is 24.4 Å². The molecular weight excluding hydrogens is 375 g/mol. The molecule has 7 nitrogen and oxygen atoms in total. The van der Waals surface area contributed by atoms with Crippen LogP contribution in [0.25, 0.3) is 5.65 Å². The highest BCUT2D eigenvalue weighted by molar-refractivity contribution is 6.03. The predicted molar refractivity (Wildman–Crippen MR) is 93.3 cm³/mol. The van der Waals surface area contributed by atoms with Crippen LogP contribution in [-0.2, 0) is 6.18 Å². The van der Waals surface area contributed by atoms with Gasteiger partial charge in [-0.05, 0) is 19.8 Å². The van der Waals surface area contributed by atoms with Crippen LogP contribution in [0.1, 0.15) is 47.6 Å². The molecule has 0 unspecified atom stereocenters. The summed E-state index contributed by atoms with van der Waals surface area (Å²) >= 11 is 0. The van der Waals surface area contributed by atoms with Gasteiger partial charge >= 0.3 is 6.18 Å². The summed E-state index contributed by atoms with van der Waals surface area (Å²) in [5, 5.41) is 2.55. The van der Waals surface area contributed by atoms with Gasteiger partial charge in [0.05, 0.1) is 24.7 Å². The van der Waals surface area contributed by atoms with Crippen LogP contribution < -0.4 is 10.1 Å². The SMILES string of the molecule is CCOc1cc2nc(C3CC3)cn2cc1NC(=O)c1cncc(C(F)(F)F)n1. The molecule has 1 amide bonds. The highest BCUT2D eigenvalue weighted by Gasteiger charge is 2.33. The highest BCUT2D eigenvalue weighted by Crippen LogP contribution is 2.40. The summed E-state index contributed by atoms with van der Waals surface area (Å²) in [7, 11) is 0. The number of anilines is 1. The van der Waals surface area contributed by atoms with E-state index in [4.69, 9.17) is 4.74 Å². The van der Waals surface area contributed by atoms with Gasteiger partial charge in [-0.2, -0.15) is 13.2 Å². The number of hydrogen-bond acceptors (Lipinski definition) is 5. The maximum Gasteiger partial charge on any atom is 0.434 e. The molecule has 3 aromatic rings. The third-order valence-electron chi connectivity index (χ3n) is 4.27. The average molecular weight is 391 g/mol. The molecule has 1 aliphatic rings. The van der Waals surface area contributed by atoms with Crippen molar-refractivity contribution in [2.45, 2.75) is 31.9 Å². The molecule has 4 rings (SSSR count). The number of hydrogen-bond donors (Lipinski definition) is 1. The standard InChI is InChI=1S/C18H16F3N5O2/c1-2-28-14-5-16-24-12(10-3-4-10)8-26(16)9-13(14)25-17(27)11-6-22-7-15(23-11)18(19,20)21/h5-10H,2-4H2,1H3,(H,25,27). The zero-order chi connectivity index (χ0) is 19.9. The Morgan fingerprint density at radius 1 is 1.29 bits per heavy atom. The summed E-state index contributed by atoms with van der Waals surface area (Å²) in [6, 6.07) is 1.68. The van der Waals surface area contributed by atoms with Crippen molar-refractivity contribution in [3.05, 3.63) is 47.9 Å². The number of ether oxygens (including phenoxy) is 1. The van der Waals surface area contributed by atoms with Gasteiger partial charge in [0.1, 0.15) is 22.8 Å². The first-order valence-electron chi connectivity index (χ1n) is 8.71. The maximum absolute atomic E-state index is 12.8. The number of aromatic nitrogens is 4. The van der Waals surface area contributed by atoms with Gasteiger partial charge in [-0.3, -0.25) is 9.78 Å². The van der Waals surface area contributed by atoms with E-state index >= 15 is 0 Å². The van der Waals surface area contributed by atoms with Crippen molar-refractivity contribution in [1.82, 2.24) is 19.4 Å². The first-order valence-corrected chi connectivity index (χ1v) is 8.71. The molecule has 0 spiro atoms. The second-order valence-corrected chi connectivity index (χ2v) is 6.43. The Hall–Kier alpha value is -3.17. The van der Waals surface area contributed by atoms with Gasteiger partial charge in [0.2, 0.25) is 0 Å². The number of pyridine rings is 1. The molecule has 0 bridgehead atoms. The lowest BCUT2D eigenvalue weighted by Gasteiger charge is -2.12. The van der Waals surface area contributed by atoms with Crippen molar-refractivity contribution < 1.29 is 22.7 Å². The molecule has 146 valence electrons. The van der Waals surface area contributed by atoms with E-state index in [0.29, 0.717) is 35.8 Å². The number of nitrogens with zero attached hydrogens (tertiary/aromatic N) is 4. The molecule has 28 heavy (non-hydrogen) atoms. The number of halogens is 3. The number of fused-ring (bicyclic) bond motifs is 1. The largest absolute Gasteiger partial charge is 0.491 e. The van der Waals surface area contributed by atoms with E-state index in [9.17, 15) is 18.0 Å². The highest BCUT2D eigenvalue weighted by atomic mass is 19.4. The number of carbonyl (C=O) groups excluding carboxylic acids is 1. The van der Waals surface area contributed by atoms with Crippen LogP contribution in [0.3, 0.4) is 0 Å². The Balaban J connectivity index is 1.66. The Labute approximate surface area is 157 Å². The minimum atomic E-state index is -4.69. The fraction of sp³-hybridized carbons (Fsp3) is 0.333. The predicted octanol–water partition coefficient (Wildman–Crippen LogP) is 3.67. The Bertz CT molecular complexity index is 1040. The van der Waals surface area contributed by atoms with Gasteiger partial charge in [-0.1, -0.05) is 0 Å². The van der Waals surface area contributed by atoms with Crippen LogP contribution in [0.15, 0.2) is 30.9 Å². The summed E-state index contributed by atoms with van der Waals surface area (Å²) in [6.45, 7) is 2.13. The average Bonchev–Trinajstić information content (AvgIpc) is 3.42. The molecule has 1 aliphatic carbocycles. The molecule has 3 heterocycles. The van der Waals surface area contributed by atoms with Crippen molar-refractivity contribution >= 4 is 17.2 Å². The van der Waals surface area contributed by atoms with E-state index < -0.39 is 23.5 Å². The van der Waals surface area contributed by atoms with Crippen molar-refractivity contribution in [1.29, 1.82) is 0 Å². The second-order valence-electron chi connectivity index (χ2n) is 6.43. The molecule has 1 fully saturated rings. The molecule has 1 N–H and O–H groups in total. The number of carbonyl (C=O) groups is 1. The molecule has 0 aromatic carbocycles. The van der Waals surface area contributed by atoms with Crippen molar-refractivity contribution in [3.8, 4) is 5.75 Å². The molecule has 3 aromatic heterocycles. The van der Waals surface area contributed by atoms with Crippen molar-refractivity contribution in [3.63, 3.8) is 0 Å². The summed E-state index contributed by atoms with van der Waals surface area (Å²) < 4.78 is 45.7. The van der Waals surface area contributed by atoms with Crippen LogP contribution in [0, 0.1) is 0 Å². The maximum atomic E-state index is 12.8. The van der Waals surface area contributed by atoms with Crippen LogP contribution in [-0.4, -0.2) is 31.9 Å². The lowest BCUT2D eigenvalue weighted by Crippen LogP contribution is -2.18. The molecule has 0 radical (unpaired) electrons. The van der Waals surface area contributed by atoms with Crippen LogP contribution in [0.4, 0.5) is 18.9 Å². The lowest BCUT2D eigenvalue weighted by atomic mass is 10.3. The van der Waals surface area contributed by atoms with E-state index in [-0.39, 0.29) is 0 Å². The number of rotatable bonds is 5. The summed E-state index contributed by atoms with van der Waals surface area (Å²) in [4.78, 5) is 23.8. The van der Waals surface area contributed by atoms with E-state index in [2.05, 4.69) is 20.3 Å². The van der Waals surface area contributed by atoms with E-state index in [1.165, 1.54) is 0 Å². The van der Waals surface area contributed by atoms with Crippen LogP contribution in [0.2, 0.25) is 0 Å². The Kier molecular flexibility index (Phi) is 4.40. The van der Waals surface area contributed by atoms with Crippen LogP contribution >= 0.6 is 0 Å². The third-order valence-corrected chi connectivity index (χ3v) is 4.27. The van der Waals surface area contributed by atoms with Crippen molar-refractivity contribution in [2.75, 3.05) is 11.9 Å². The second kappa shape index (κ2) is 6.77. The zero-order valence-corrected chi connectivity index (χ0v) is 14.8. The van der Waals surface area contributed by atoms with Crippen molar-refractivity contribution in [2.24, 2.45) is 0 Å². The smallest absolute Gasteiger partial charge is 0.434 e. The number of amides is 1. The number of alkyl halides is 3. The fourth-order valence-electron chi connectivity index (χ4n) is 2.78. The Morgan fingerprint density at radius 2 is 2.07 bits per heavy atom. The fourth-order valence-corrected chi connectivity index (χ4v) is 2.78. The van der Waals surface area contributed by atoms with Crippen LogP contribution in [0.5, 0.6) is 5.75 Å². The van der Waals surface area contributed by atoms with E-state index in [1.54, 1.807) is 23.6 Å². The van der Waals surface area contributed by atoms with E-state index in [1.807, 2.05) is 6.20 Å².